The minimum Gasteiger partial charge on any atom is -0.393 e. The maximum Gasteiger partial charge on any atom is 0.0583 e. The van der Waals surface area contributed by atoms with Crippen LogP contribution in [0.4, 0.5) is 0 Å². The summed E-state index contributed by atoms with van der Waals surface area (Å²) in [5, 5.41) is 10.4. The topological polar surface area (TPSA) is 20.2 Å². The molecule has 0 amide bonds. The maximum absolute atomic E-state index is 10.4. The van der Waals surface area contributed by atoms with Crippen LogP contribution in [-0.4, -0.2) is 16.9 Å². The minimum atomic E-state index is -0.121. The Bertz CT molecular complexity index is 626. The molecule has 0 aromatic rings. The molecule has 0 aromatic carbocycles. The summed E-state index contributed by atoms with van der Waals surface area (Å²) in [6.07, 6.45) is 15.7. The van der Waals surface area contributed by atoms with Crippen LogP contribution in [0.2, 0.25) is 0 Å². The van der Waals surface area contributed by atoms with Crippen molar-refractivity contribution in [1.82, 2.24) is 0 Å². The minimum absolute atomic E-state index is 0.121. The second kappa shape index (κ2) is 8.24. The molecular formula is C27H47OP. The van der Waals surface area contributed by atoms with E-state index >= 15 is 0 Å². The summed E-state index contributed by atoms with van der Waals surface area (Å²) in [5.74, 6) is 5.34. The number of fused-ring (bicyclic) bond motifs is 5. The van der Waals surface area contributed by atoms with Crippen LogP contribution < -0.4 is 0 Å². The molecule has 0 aliphatic heterocycles. The van der Waals surface area contributed by atoms with E-state index in [4.69, 9.17) is 0 Å². The summed E-state index contributed by atoms with van der Waals surface area (Å²) >= 11 is 0. The van der Waals surface area contributed by atoms with Gasteiger partial charge in [0, 0.05) is 0 Å². The lowest BCUT2D eigenvalue weighted by atomic mass is 9.46. The fourth-order valence-corrected chi connectivity index (χ4v) is 9.59. The van der Waals surface area contributed by atoms with Gasteiger partial charge in [-0.3, -0.25) is 0 Å². The van der Waals surface area contributed by atoms with E-state index in [1.54, 1.807) is 5.57 Å². The number of aliphatic hydroxyl groups is 1. The largest absolute Gasteiger partial charge is 0.393 e. The number of hydrogen-bond acceptors (Lipinski definition) is 1. The van der Waals surface area contributed by atoms with Crippen molar-refractivity contribution in [2.75, 3.05) is 0 Å². The molecule has 3 fully saturated rings. The van der Waals surface area contributed by atoms with Crippen molar-refractivity contribution in [2.45, 2.75) is 111 Å². The van der Waals surface area contributed by atoms with E-state index in [-0.39, 0.29) is 6.10 Å². The molecule has 10 atom stereocenters. The van der Waals surface area contributed by atoms with Crippen LogP contribution in [0.1, 0.15) is 98.8 Å². The van der Waals surface area contributed by atoms with Gasteiger partial charge in [-0.05, 0) is 96.9 Å². The molecule has 3 saturated carbocycles. The lowest BCUT2D eigenvalue weighted by Gasteiger charge is -2.60. The van der Waals surface area contributed by atoms with Gasteiger partial charge in [0.15, 0.2) is 0 Å². The first kappa shape index (κ1) is 22.3. The van der Waals surface area contributed by atoms with Gasteiger partial charge in [-0.25, -0.2) is 0 Å². The molecule has 0 saturated heterocycles. The smallest absolute Gasteiger partial charge is 0.0583 e. The van der Waals surface area contributed by atoms with Gasteiger partial charge in [0.2, 0.25) is 0 Å². The van der Waals surface area contributed by atoms with Crippen LogP contribution in [0.5, 0.6) is 0 Å². The molecule has 1 N–H and O–H groups in total. The van der Waals surface area contributed by atoms with Gasteiger partial charge in [-0.2, -0.15) is 0 Å². The molecule has 29 heavy (non-hydrogen) atoms. The highest BCUT2D eigenvalue weighted by Crippen LogP contribution is 2.68. The van der Waals surface area contributed by atoms with Gasteiger partial charge >= 0.3 is 0 Å². The van der Waals surface area contributed by atoms with Crippen LogP contribution in [0, 0.1) is 46.3 Å². The van der Waals surface area contributed by atoms with Crippen molar-refractivity contribution < 1.29 is 5.11 Å². The summed E-state index contributed by atoms with van der Waals surface area (Å²) in [6, 6.07) is 0. The van der Waals surface area contributed by atoms with E-state index in [2.05, 4.69) is 49.9 Å². The van der Waals surface area contributed by atoms with E-state index in [0.717, 1.165) is 48.3 Å². The van der Waals surface area contributed by atoms with Gasteiger partial charge in [0.1, 0.15) is 0 Å². The van der Waals surface area contributed by atoms with Crippen molar-refractivity contribution in [3.8, 4) is 0 Å². The Hall–Kier alpha value is 0.130. The highest BCUT2D eigenvalue weighted by molar-refractivity contribution is 7.17. The number of hydrogen-bond donors (Lipinski definition) is 1. The van der Waals surface area contributed by atoms with E-state index < -0.39 is 0 Å². The zero-order valence-corrected chi connectivity index (χ0v) is 20.9. The van der Waals surface area contributed by atoms with Crippen molar-refractivity contribution in [3.05, 3.63) is 11.6 Å². The third-order valence-corrected chi connectivity index (χ3v) is 11.5. The molecular weight excluding hydrogens is 371 g/mol. The van der Waals surface area contributed by atoms with E-state index in [0.29, 0.717) is 16.5 Å². The van der Waals surface area contributed by atoms with Gasteiger partial charge in [0.25, 0.3) is 0 Å². The molecule has 0 spiro atoms. The van der Waals surface area contributed by atoms with Crippen LogP contribution in [0.15, 0.2) is 11.6 Å². The average molecular weight is 419 g/mol. The Morgan fingerprint density at radius 3 is 2.59 bits per heavy atom. The lowest BCUT2D eigenvalue weighted by Crippen LogP contribution is -2.54. The van der Waals surface area contributed by atoms with Crippen LogP contribution in [-0.2, 0) is 0 Å². The Morgan fingerprint density at radius 2 is 1.86 bits per heavy atom. The first-order valence-corrected chi connectivity index (χ1v) is 13.5. The summed E-state index contributed by atoms with van der Waals surface area (Å²) in [7, 11) is 3.15. The van der Waals surface area contributed by atoms with Gasteiger partial charge < -0.3 is 5.11 Å². The van der Waals surface area contributed by atoms with Crippen molar-refractivity contribution in [1.29, 1.82) is 0 Å². The molecule has 2 heteroatoms. The number of rotatable bonds is 5. The molecule has 166 valence electrons. The Labute approximate surface area is 183 Å². The monoisotopic (exact) mass is 418 g/mol. The molecule has 0 aromatic heterocycles. The predicted octanol–water partition coefficient (Wildman–Crippen LogP) is 7.24. The maximum atomic E-state index is 10.4. The normalized spacial score (nSPS) is 47.9. The highest BCUT2D eigenvalue weighted by atomic mass is 31.0. The second-order valence-electron chi connectivity index (χ2n) is 12.4. The molecule has 4 aliphatic rings. The van der Waals surface area contributed by atoms with E-state index in [1.807, 2.05) is 0 Å². The van der Waals surface area contributed by atoms with E-state index in [1.165, 1.54) is 51.4 Å². The highest BCUT2D eigenvalue weighted by Gasteiger charge is 2.60. The Kier molecular flexibility index (Phi) is 6.34. The third kappa shape index (κ3) is 3.69. The molecule has 1 nitrogen and oxygen atoms in total. The van der Waals surface area contributed by atoms with Gasteiger partial charge in [-0.15, -0.1) is 9.24 Å². The Balaban J connectivity index is 1.52. The first-order valence-electron chi connectivity index (χ1n) is 12.8. The van der Waals surface area contributed by atoms with Crippen molar-refractivity contribution >= 4 is 9.24 Å². The molecule has 0 bridgehead atoms. The standard InChI is InChI=1S/C27H47OP/c1-17(2)7-6-8-18(3)22-11-12-23-21-10-9-19-15-20(28)16-25(29)27(19,5)24(21)13-14-26(22,23)4/h9,17-18,20-25,28H,6-8,10-16,29H2,1-5H3/t18-,20+,21+,22-,23+,24+,25?,26-,27+/m1/s1. The summed E-state index contributed by atoms with van der Waals surface area (Å²) in [6.45, 7) is 12.6. The number of allylic oxidation sites excluding steroid dienone is 1. The fraction of sp³-hybridized carbons (Fsp3) is 0.926. The zero-order chi connectivity index (χ0) is 21.0. The predicted molar refractivity (Wildman–Crippen MR) is 128 cm³/mol. The third-order valence-electron chi connectivity index (χ3n) is 10.5. The van der Waals surface area contributed by atoms with Crippen LogP contribution in [0.3, 0.4) is 0 Å². The molecule has 0 radical (unpaired) electrons. The molecule has 0 heterocycles. The van der Waals surface area contributed by atoms with Gasteiger partial charge in [0.05, 0.1) is 6.10 Å². The first-order chi connectivity index (χ1) is 13.7. The number of aliphatic hydroxyl groups excluding tert-OH is 1. The summed E-state index contributed by atoms with van der Waals surface area (Å²) < 4.78 is 0. The van der Waals surface area contributed by atoms with Gasteiger partial charge in [-0.1, -0.05) is 65.5 Å². The fourth-order valence-electron chi connectivity index (χ4n) is 8.81. The average Bonchev–Trinajstić information content (AvgIpc) is 3.00. The Morgan fingerprint density at radius 1 is 1.10 bits per heavy atom. The molecule has 4 rings (SSSR count). The van der Waals surface area contributed by atoms with Crippen LogP contribution in [0.25, 0.3) is 0 Å². The second-order valence-corrected chi connectivity index (χ2v) is 13.2. The molecule has 4 aliphatic carbocycles. The summed E-state index contributed by atoms with van der Waals surface area (Å²) in [4.78, 5) is 0. The van der Waals surface area contributed by atoms with Crippen molar-refractivity contribution in [3.63, 3.8) is 0 Å². The van der Waals surface area contributed by atoms with E-state index in [9.17, 15) is 5.11 Å². The molecule has 2 unspecified atom stereocenters. The zero-order valence-electron chi connectivity index (χ0n) is 19.8. The summed E-state index contributed by atoms with van der Waals surface area (Å²) in [5.41, 5.74) is 3.03. The van der Waals surface area contributed by atoms with Crippen molar-refractivity contribution in [2.24, 2.45) is 46.3 Å². The quantitative estimate of drug-likeness (QED) is 0.368. The van der Waals surface area contributed by atoms with Crippen LogP contribution >= 0.6 is 9.24 Å². The SMILES string of the molecule is CC(C)CCC[C@@H](C)[C@H]1CC[C@H]2[C@@H]3CC=C4C[C@H](O)CC(P)[C@]4(C)[C@H]3CC[C@]12C. The lowest BCUT2D eigenvalue weighted by molar-refractivity contribution is -0.0550.